The van der Waals surface area contributed by atoms with Crippen LogP contribution in [-0.2, 0) is 13.5 Å². The number of amides is 1. The Balaban J connectivity index is 2.05. The van der Waals surface area contributed by atoms with Crippen LogP contribution < -0.4 is 10.5 Å². The van der Waals surface area contributed by atoms with E-state index in [1.165, 1.54) is 4.74 Å². The number of nitrogens with zero attached hydrogens (tertiary/aromatic N) is 2. The number of rotatable bonds is 1. The Morgan fingerprint density at radius 1 is 1.32 bits per heavy atom. The Hall–Kier alpha value is -2.30. The molecule has 3 rings (SSSR count). The Kier molecular flexibility index (Phi) is 2.55. The number of carbonyl (C=O) groups is 1. The topological polar surface area (TPSA) is 55.5 Å². The van der Waals surface area contributed by atoms with Crippen LogP contribution in [0, 0.1) is 6.92 Å². The number of benzene rings is 1. The molecule has 5 heteroatoms. The fourth-order valence-corrected chi connectivity index (χ4v) is 2.47. The van der Waals surface area contributed by atoms with Gasteiger partial charge in [-0.2, -0.15) is 0 Å². The van der Waals surface area contributed by atoms with Gasteiger partial charge in [-0.25, -0.2) is 9.53 Å². The van der Waals surface area contributed by atoms with Crippen molar-refractivity contribution in [2.45, 2.75) is 13.3 Å². The van der Waals surface area contributed by atoms with Crippen LogP contribution in [-0.4, -0.2) is 17.2 Å². The third kappa shape index (κ3) is 1.69. The predicted octanol–water partition coefficient (Wildman–Crippen LogP) is 1.49. The SMILES string of the molecule is Cc1c(C(=O)N2CCc3ccccc32)c(=O)on1C. The minimum Gasteiger partial charge on any atom is -0.336 e. The van der Waals surface area contributed by atoms with Crippen LogP contribution in [0.15, 0.2) is 33.6 Å². The molecule has 1 aliphatic rings. The van der Waals surface area contributed by atoms with Crippen molar-refractivity contribution in [1.82, 2.24) is 4.74 Å². The summed E-state index contributed by atoms with van der Waals surface area (Å²) in [6.45, 7) is 2.31. The average molecular weight is 258 g/mol. The maximum absolute atomic E-state index is 12.5. The molecule has 0 bridgehead atoms. The lowest BCUT2D eigenvalue weighted by Gasteiger charge is -2.16. The van der Waals surface area contributed by atoms with Crippen LogP contribution in [0.25, 0.3) is 0 Å². The summed E-state index contributed by atoms with van der Waals surface area (Å²) in [6.07, 6.45) is 0.819. The van der Waals surface area contributed by atoms with Gasteiger partial charge in [0.1, 0.15) is 5.56 Å². The summed E-state index contributed by atoms with van der Waals surface area (Å²) in [6, 6.07) is 7.75. The number of aromatic nitrogens is 1. The van der Waals surface area contributed by atoms with Crippen LogP contribution >= 0.6 is 0 Å². The van der Waals surface area contributed by atoms with Crippen molar-refractivity contribution in [1.29, 1.82) is 0 Å². The van der Waals surface area contributed by atoms with E-state index in [1.54, 1.807) is 18.9 Å². The number of anilines is 1. The molecule has 98 valence electrons. The molecule has 0 atom stereocenters. The van der Waals surface area contributed by atoms with Crippen molar-refractivity contribution in [2.24, 2.45) is 7.05 Å². The van der Waals surface area contributed by atoms with E-state index in [4.69, 9.17) is 4.52 Å². The fourth-order valence-electron chi connectivity index (χ4n) is 2.47. The monoisotopic (exact) mass is 258 g/mol. The molecule has 0 fully saturated rings. The maximum atomic E-state index is 12.5. The minimum absolute atomic E-state index is 0.124. The molecule has 19 heavy (non-hydrogen) atoms. The Labute approximate surface area is 110 Å². The van der Waals surface area contributed by atoms with E-state index < -0.39 is 5.63 Å². The molecule has 2 heterocycles. The normalized spacial score (nSPS) is 13.7. The van der Waals surface area contributed by atoms with Crippen molar-refractivity contribution in [3.05, 3.63) is 51.5 Å². The number of hydrogen-bond acceptors (Lipinski definition) is 3. The molecule has 1 aromatic carbocycles. The van der Waals surface area contributed by atoms with Gasteiger partial charge in [-0.3, -0.25) is 4.79 Å². The van der Waals surface area contributed by atoms with Crippen LogP contribution in [0.2, 0.25) is 0 Å². The summed E-state index contributed by atoms with van der Waals surface area (Å²) in [7, 11) is 1.62. The molecule has 1 amide bonds. The molecule has 0 unspecified atom stereocenters. The van der Waals surface area contributed by atoms with Gasteiger partial charge in [0, 0.05) is 19.3 Å². The first kappa shape index (κ1) is 11.8. The molecule has 0 N–H and O–H groups in total. The maximum Gasteiger partial charge on any atom is 0.370 e. The van der Waals surface area contributed by atoms with E-state index in [2.05, 4.69) is 0 Å². The summed E-state index contributed by atoms with van der Waals surface area (Å²) in [5, 5.41) is 0. The lowest BCUT2D eigenvalue weighted by molar-refractivity contribution is 0.0987. The highest BCUT2D eigenvalue weighted by molar-refractivity contribution is 6.07. The van der Waals surface area contributed by atoms with Crippen molar-refractivity contribution in [3.63, 3.8) is 0 Å². The minimum atomic E-state index is -0.575. The number of hydrogen-bond donors (Lipinski definition) is 0. The van der Waals surface area contributed by atoms with Gasteiger partial charge >= 0.3 is 5.63 Å². The van der Waals surface area contributed by atoms with Crippen LogP contribution in [0.5, 0.6) is 0 Å². The van der Waals surface area contributed by atoms with Crippen molar-refractivity contribution in [3.8, 4) is 0 Å². The third-order valence-corrected chi connectivity index (χ3v) is 3.60. The van der Waals surface area contributed by atoms with Gasteiger partial charge in [-0.1, -0.05) is 18.2 Å². The van der Waals surface area contributed by atoms with Crippen LogP contribution in [0.4, 0.5) is 5.69 Å². The second-order valence-electron chi connectivity index (χ2n) is 4.67. The van der Waals surface area contributed by atoms with Crippen LogP contribution in [0.3, 0.4) is 0 Å². The molecule has 2 aromatic rings. The van der Waals surface area contributed by atoms with E-state index in [0.717, 1.165) is 17.7 Å². The Morgan fingerprint density at radius 3 is 2.74 bits per heavy atom. The lowest BCUT2D eigenvalue weighted by Crippen LogP contribution is -2.32. The average Bonchev–Trinajstić information content (AvgIpc) is 2.91. The molecular formula is C14H14N2O3. The zero-order valence-electron chi connectivity index (χ0n) is 10.8. The first-order valence-electron chi connectivity index (χ1n) is 6.16. The molecule has 0 radical (unpaired) electrons. The zero-order valence-corrected chi connectivity index (χ0v) is 10.8. The number of para-hydroxylation sites is 1. The largest absolute Gasteiger partial charge is 0.370 e. The highest BCUT2D eigenvalue weighted by Gasteiger charge is 2.30. The quantitative estimate of drug-likeness (QED) is 0.778. The van der Waals surface area contributed by atoms with Gasteiger partial charge in [0.25, 0.3) is 5.91 Å². The molecule has 1 aromatic heterocycles. The van der Waals surface area contributed by atoms with E-state index in [9.17, 15) is 9.59 Å². The number of carbonyl (C=O) groups excluding carboxylic acids is 1. The lowest BCUT2D eigenvalue weighted by atomic mass is 10.2. The molecule has 5 nitrogen and oxygen atoms in total. The molecular weight excluding hydrogens is 244 g/mol. The van der Waals surface area contributed by atoms with Crippen molar-refractivity contribution < 1.29 is 9.32 Å². The highest BCUT2D eigenvalue weighted by atomic mass is 16.5. The summed E-state index contributed by atoms with van der Waals surface area (Å²) < 4.78 is 6.26. The van der Waals surface area contributed by atoms with Crippen molar-refractivity contribution >= 4 is 11.6 Å². The Morgan fingerprint density at radius 2 is 2.05 bits per heavy atom. The van der Waals surface area contributed by atoms with E-state index in [-0.39, 0.29) is 11.5 Å². The standard InChI is InChI=1S/C14H14N2O3/c1-9-12(14(18)19-15(9)2)13(17)16-8-7-10-5-3-4-6-11(10)16/h3-6H,7-8H2,1-2H3. The molecule has 0 spiro atoms. The summed E-state index contributed by atoms with van der Waals surface area (Å²) in [4.78, 5) is 25.9. The van der Waals surface area contributed by atoms with Gasteiger partial charge < -0.3 is 9.42 Å². The molecule has 1 aliphatic heterocycles. The first-order chi connectivity index (χ1) is 9.09. The summed E-state index contributed by atoms with van der Waals surface area (Å²) in [5.74, 6) is -0.281. The van der Waals surface area contributed by atoms with Gasteiger partial charge in [0.05, 0.1) is 5.69 Å². The third-order valence-electron chi connectivity index (χ3n) is 3.60. The summed E-state index contributed by atoms with van der Waals surface area (Å²) in [5.41, 5.74) is 2.12. The van der Waals surface area contributed by atoms with Gasteiger partial charge in [-0.15, -0.1) is 0 Å². The second-order valence-corrected chi connectivity index (χ2v) is 4.67. The highest BCUT2D eigenvalue weighted by Crippen LogP contribution is 2.28. The molecule has 0 aliphatic carbocycles. The predicted molar refractivity (Wildman–Crippen MR) is 70.5 cm³/mol. The number of aryl methyl sites for hydroxylation is 1. The van der Waals surface area contributed by atoms with E-state index in [1.807, 2.05) is 24.3 Å². The van der Waals surface area contributed by atoms with Gasteiger partial charge in [0.15, 0.2) is 0 Å². The second kappa shape index (κ2) is 4.12. The fraction of sp³-hybridized carbons (Fsp3) is 0.286. The van der Waals surface area contributed by atoms with Crippen molar-refractivity contribution in [2.75, 3.05) is 11.4 Å². The smallest absolute Gasteiger partial charge is 0.336 e. The molecule has 0 saturated heterocycles. The summed E-state index contributed by atoms with van der Waals surface area (Å²) >= 11 is 0. The van der Waals surface area contributed by atoms with Gasteiger partial charge in [0.2, 0.25) is 0 Å². The first-order valence-corrected chi connectivity index (χ1v) is 6.16. The Bertz CT molecular complexity index is 712. The van der Waals surface area contributed by atoms with Gasteiger partial charge in [-0.05, 0) is 25.0 Å². The number of fused-ring (bicyclic) bond motifs is 1. The molecule has 0 saturated carbocycles. The van der Waals surface area contributed by atoms with Crippen LogP contribution in [0.1, 0.15) is 21.6 Å². The zero-order chi connectivity index (χ0) is 13.6. The van der Waals surface area contributed by atoms with E-state index >= 15 is 0 Å². The van der Waals surface area contributed by atoms with E-state index in [0.29, 0.717) is 12.2 Å².